The highest BCUT2D eigenvalue weighted by molar-refractivity contribution is 9.09. The van der Waals surface area contributed by atoms with E-state index in [2.05, 4.69) is 45.9 Å². The topological polar surface area (TPSA) is 59.5 Å². The highest BCUT2D eigenvalue weighted by Gasteiger charge is 2.30. The smallest absolute Gasteiger partial charge is 0.208 e. The number of anilines is 1. The van der Waals surface area contributed by atoms with E-state index in [9.17, 15) is 4.79 Å². The third kappa shape index (κ3) is 3.39. The third-order valence-corrected chi connectivity index (χ3v) is 6.19. The van der Waals surface area contributed by atoms with Crippen LogP contribution in [0.25, 0.3) is 22.1 Å². The Morgan fingerprint density at radius 3 is 2.57 bits per heavy atom. The Morgan fingerprint density at radius 2 is 1.96 bits per heavy atom. The van der Waals surface area contributed by atoms with Crippen LogP contribution in [0, 0.1) is 12.3 Å². The highest BCUT2D eigenvalue weighted by Crippen LogP contribution is 2.39. The molecular weight excluding hydrogens is 420 g/mol. The van der Waals surface area contributed by atoms with E-state index < -0.39 is 0 Å². The first-order valence-electron chi connectivity index (χ1n) is 9.67. The minimum Gasteiger partial charge on any atom is -0.439 e. The fraction of sp³-hybridized carbons (Fsp3) is 0.455. The molecule has 6 heteroatoms. The Kier molecular flexibility index (Phi) is 4.86. The van der Waals surface area contributed by atoms with Gasteiger partial charge < -0.3 is 13.8 Å². The number of hydrogen-bond acceptors (Lipinski definition) is 5. The molecule has 1 saturated heterocycles. The van der Waals surface area contributed by atoms with Gasteiger partial charge in [0.25, 0.3) is 0 Å². The number of benzene rings is 1. The van der Waals surface area contributed by atoms with Crippen LogP contribution < -0.4 is 10.3 Å². The summed E-state index contributed by atoms with van der Waals surface area (Å²) in [6.07, 6.45) is 5.19. The molecule has 0 aliphatic carbocycles. The van der Waals surface area contributed by atoms with Crippen LogP contribution in [0.5, 0.6) is 0 Å². The molecule has 0 amide bonds. The molecule has 1 fully saturated rings. The Bertz CT molecular complexity index is 1060. The quantitative estimate of drug-likeness (QED) is 0.474. The van der Waals surface area contributed by atoms with Gasteiger partial charge in [0.15, 0.2) is 0 Å². The summed E-state index contributed by atoms with van der Waals surface area (Å²) in [5.74, 6) is 0.620. The zero-order valence-electron chi connectivity index (χ0n) is 16.7. The number of hydrogen-bond donors (Lipinski definition) is 0. The Morgan fingerprint density at radius 1 is 1.25 bits per heavy atom. The molecule has 1 aromatic carbocycles. The van der Waals surface area contributed by atoms with Crippen molar-refractivity contribution >= 4 is 32.8 Å². The maximum atomic E-state index is 13.6. The first-order chi connectivity index (χ1) is 13.3. The summed E-state index contributed by atoms with van der Waals surface area (Å²) in [5.41, 5.74) is 4.13. The number of rotatable bonds is 3. The summed E-state index contributed by atoms with van der Waals surface area (Å²) in [6.45, 7) is 10.3. The first-order valence-corrected chi connectivity index (χ1v) is 10.6. The van der Waals surface area contributed by atoms with E-state index in [1.165, 1.54) is 6.26 Å². The maximum Gasteiger partial charge on any atom is 0.208 e. The molecular formula is C22H25BrN2O3. The maximum absolute atomic E-state index is 13.6. The Labute approximate surface area is 172 Å². The molecule has 1 atom stereocenters. The molecule has 1 unspecified atom stereocenters. The SMILES string of the molecule is Cc1cc(C(C)Br)c2oc(N3CCC(C)(C)CC3)c(-c3cnoc3)c(=O)c2c1. The summed E-state index contributed by atoms with van der Waals surface area (Å²) in [4.78, 5) is 15.8. The molecule has 1 aliphatic rings. The van der Waals surface area contributed by atoms with E-state index in [1.54, 1.807) is 6.20 Å². The molecule has 0 radical (unpaired) electrons. The molecule has 4 rings (SSSR count). The lowest BCUT2D eigenvalue weighted by Crippen LogP contribution is -2.38. The van der Waals surface area contributed by atoms with Gasteiger partial charge in [-0.2, -0.15) is 0 Å². The molecule has 0 N–H and O–H groups in total. The van der Waals surface area contributed by atoms with Gasteiger partial charge in [-0.25, -0.2) is 0 Å². The highest BCUT2D eigenvalue weighted by atomic mass is 79.9. The van der Waals surface area contributed by atoms with Crippen LogP contribution in [0.1, 0.15) is 49.6 Å². The number of fused-ring (bicyclic) bond motifs is 1. The van der Waals surface area contributed by atoms with Gasteiger partial charge in [-0.3, -0.25) is 4.79 Å². The van der Waals surface area contributed by atoms with E-state index in [0.29, 0.717) is 33.4 Å². The van der Waals surface area contributed by atoms with Gasteiger partial charge in [-0.15, -0.1) is 0 Å². The lowest BCUT2D eigenvalue weighted by molar-refractivity contribution is 0.275. The molecule has 3 heterocycles. The van der Waals surface area contributed by atoms with Gasteiger partial charge in [0.05, 0.1) is 22.7 Å². The average Bonchev–Trinajstić information content (AvgIpc) is 3.15. The van der Waals surface area contributed by atoms with Crippen LogP contribution >= 0.6 is 15.9 Å². The van der Waals surface area contributed by atoms with E-state index in [4.69, 9.17) is 8.94 Å². The molecule has 28 heavy (non-hydrogen) atoms. The van der Waals surface area contributed by atoms with Crippen molar-refractivity contribution < 1.29 is 8.94 Å². The van der Waals surface area contributed by atoms with Crippen molar-refractivity contribution in [3.8, 4) is 11.1 Å². The summed E-state index contributed by atoms with van der Waals surface area (Å²) >= 11 is 3.65. The lowest BCUT2D eigenvalue weighted by Gasteiger charge is -2.37. The molecule has 5 nitrogen and oxygen atoms in total. The minimum atomic E-state index is -0.0395. The predicted molar refractivity (Wildman–Crippen MR) is 115 cm³/mol. The van der Waals surface area contributed by atoms with Crippen LogP contribution in [-0.4, -0.2) is 18.2 Å². The van der Waals surface area contributed by atoms with E-state index in [0.717, 1.165) is 37.1 Å². The lowest BCUT2D eigenvalue weighted by atomic mass is 9.82. The first kappa shape index (κ1) is 19.2. The van der Waals surface area contributed by atoms with E-state index in [1.807, 2.05) is 19.9 Å². The van der Waals surface area contributed by atoms with Crippen molar-refractivity contribution in [1.82, 2.24) is 5.16 Å². The molecule has 0 spiro atoms. The second kappa shape index (κ2) is 7.07. The second-order valence-electron chi connectivity index (χ2n) is 8.52. The molecule has 0 saturated carbocycles. The van der Waals surface area contributed by atoms with Gasteiger partial charge in [-0.05, 0) is 43.7 Å². The predicted octanol–water partition coefficient (Wildman–Crippen LogP) is 5.84. The Balaban J connectivity index is 1.99. The van der Waals surface area contributed by atoms with Crippen molar-refractivity contribution in [2.24, 2.45) is 5.41 Å². The second-order valence-corrected chi connectivity index (χ2v) is 9.90. The van der Waals surface area contributed by atoms with Gasteiger partial charge in [0, 0.05) is 23.5 Å². The molecule has 148 valence electrons. The van der Waals surface area contributed by atoms with Crippen LogP contribution in [0.2, 0.25) is 0 Å². The zero-order chi connectivity index (χ0) is 20.1. The Hall–Kier alpha value is -2.08. The monoisotopic (exact) mass is 444 g/mol. The van der Waals surface area contributed by atoms with Crippen molar-refractivity contribution in [2.75, 3.05) is 18.0 Å². The number of piperidine rings is 1. The van der Waals surface area contributed by atoms with E-state index >= 15 is 0 Å². The summed E-state index contributed by atoms with van der Waals surface area (Å²) in [7, 11) is 0. The molecule has 2 aromatic heterocycles. The minimum absolute atomic E-state index is 0.0395. The molecule has 0 bridgehead atoms. The number of alkyl halides is 1. The summed E-state index contributed by atoms with van der Waals surface area (Å²) in [5, 5.41) is 4.41. The fourth-order valence-electron chi connectivity index (χ4n) is 3.88. The van der Waals surface area contributed by atoms with Gasteiger partial charge in [-0.1, -0.05) is 41.0 Å². The molecule has 3 aromatic rings. The van der Waals surface area contributed by atoms with Crippen molar-refractivity contribution in [3.63, 3.8) is 0 Å². The van der Waals surface area contributed by atoms with Gasteiger partial charge in [0.2, 0.25) is 11.3 Å². The number of aryl methyl sites for hydroxylation is 1. The number of nitrogens with zero attached hydrogens (tertiary/aromatic N) is 2. The summed E-state index contributed by atoms with van der Waals surface area (Å²) < 4.78 is 11.5. The third-order valence-electron chi connectivity index (χ3n) is 5.70. The van der Waals surface area contributed by atoms with Gasteiger partial charge in [0.1, 0.15) is 11.8 Å². The van der Waals surface area contributed by atoms with Crippen LogP contribution in [0.15, 0.2) is 38.3 Å². The van der Waals surface area contributed by atoms with Crippen LogP contribution in [0.3, 0.4) is 0 Å². The van der Waals surface area contributed by atoms with Crippen LogP contribution in [0.4, 0.5) is 5.88 Å². The van der Waals surface area contributed by atoms with Crippen molar-refractivity contribution in [3.05, 3.63) is 45.9 Å². The van der Waals surface area contributed by atoms with Gasteiger partial charge >= 0.3 is 0 Å². The van der Waals surface area contributed by atoms with Crippen LogP contribution in [-0.2, 0) is 0 Å². The normalized spacial score (nSPS) is 17.8. The zero-order valence-corrected chi connectivity index (χ0v) is 18.3. The number of aromatic nitrogens is 1. The summed E-state index contributed by atoms with van der Waals surface area (Å²) in [6, 6.07) is 3.98. The standard InChI is InChI=1S/C22H25BrN2O3/c1-13-9-16(14(2)23)20-17(10-13)19(26)18(15-11-24-27-12-15)21(28-20)25-7-5-22(3,4)6-8-25/h9-12,14H,5-8H2,1-4H3. The molecule has 1 aliphatic heterocycles. The van der Waals surface area contributed by atoms with Crippen molar-refractivity contribution in [1.29, 1.82) is 0 Å². The fourth-order valence-corrected chi connectivity index (χ4v) is 4.22. The van der Waals surface area contributed by atoms with Crippen molar-refractivity contribution in [2.45, 2.75) is 45.4 Å². The number of halogens is 1. The largest absolute Gasteiger partial charge is 0.439 e. The van der Waals surface area contributed by atoms with E-state index in [-0.39, 0.29) is 10.3 Å². The average molecular weight is 445 g/mol.